The smallest absolute Gasteiger partial charge is 0.277 e. The van der Waals surface area contributed by atoms with E-state index in [0.29, 0.717) is 23.2 Å². The first kappa shape index (κ1) is 16.7. The van der Waals surface area contributed by atoms with Gasteiger partial charge in [0, 0.05) is 24.2 Å². The van der Waals surface area contributed by atoms with Crippen molar-refractivity contribution in [3.8, 4) is 0 Å². The molecule has 0 bridgehead atoms. The van der Waals surface area contributed by atoms with Crippen molar-refractivity contribution in [1.29, 1.82) is 0 Å². The number of nitrogens with zero attached hydrogens (tertiary/aromatic N) is 1. The van der Waals surface area contributed by atoms with Gasteiger partial charge in [-0.25, -0.2) is 0 Å². The van der Waals surface area contributed by atoms with Crippen LogP contribution in [0, 0.1) is 0 Å². The molecule has 4 rings (SSSR count). The van der Waals surface area contributed by atoms with E-state index in [2.05, 4.69) is 15.8 Å². The fourth-order valence-corrected chi connectivity index (χ4v) is 2.93. The van der Waals surface area contributed by atoms with Crippen LogP contribution in [-0.4, -0.2) is 11.1 Å². The molecule has 1 aliphatic rings. The van der Waals surface area contributed by atoms with Gasteiger partial charge in [-0.1, -0.05) is 47.1 Å². The van der Waals surface area contributed by atoms with Crippen LogP contribution in [0.2, 0.25) is 5.02 Å². The summed E-state index contributed by atoms with van der Waals surface area (Å²) in [7, 11) is 0. The molecule has 1 amide bonds. The molecular weight excluding hydrogens is 350 g/mol. The monoisotopic (exact) mass is 367 g/mol. The summed E-state index contributed by atoms with van der Waals surface area (Å²) in [5.41, 5.74) is 2.87. The Morgan fingerprint density at radius 2 is 1.96 bits per heavy atom. The van der Waals surface area contributed by atoms with Gasteiger partial charge in [-0.3, -0.25) is 4.79 Å². The molecule has 3 aromatic rings. The summed E-state index contributed by atoms with van der Waals surface area (Å²) in [5.74, 6) is 0.906. The van der Waals surface area contributed by atoms with Gasteiger partial charge in [0.15, 0.2) is 5.69 Å². The topological polar surface area (TPSA) is 67.2 Å². The van der Waals surface area contributed by atoms with Crippen LogP contribution in [0.25, 0.3) is 0 Å². The number of anilines is 2. The second kappa shape index (κ2) is 7.22. The lowest BCUT2D eigenvalue weighted by molar-refractivity contribution is 0.101. The van der Waals surface area contributed by atoms with E-state index < -0.39 is 0 Å². The number of aromatic nitrogens is 1. The Hall–Kier alpha value is -2.79. The highest BCUT2D eigenvalue weighted by atomic mass is 35.5. The molecule has 132 valence electrons. The van der Waals surface area contributed by atoms with Crippen molar-refractivity contribution < 1.29 is 9.32 Å². The summed E-state index contributed by atoms with van der Waals surface area (Å²) in [4.78, 5) is 12.3. The highest BCUT2D eigenvalue weighted by molar-refractivity contribution is 6.33. The lowest BCUT2D eigenvalue weighted by Gasteiger charge is -2.10. The number of hydrogen-bond acceptors (Lipinski definition) is 4. The van der Waals surface area contributed by atoms with Crippen LogP contribution in [0.5, 0.6) is 0 Å². The molecule has 1 fully saturated rings. The van der Waals surface area contributed by atoms with E-state index >= 15 is 0 Å². The Labute approximate surface area is 156 Å². The summed E-state index contributed by atoms with van der Waals surface area (Å²) in [6.07, 6.45) is 2.20. The molecule has 1 aromatic heterocycles. The first-order chi connectivity index (χ1) is 12.7. The third kappa shape index (κ3) is 3.89. The molecule has 2 aromatic carbocycles. The molecule has 0 aliphatic heterocycles. The van der Waals surface area contributed by atoms with Crippen molar-refractivity contribution in [2.45, 2.75) is 25.3 Å². The fraction of sp³-hybridized carbons (Fsp3) is 0.200. The van der Waals surface area contributed by atoms with Gasteiger partial charge in [0.2, 0.25) is 0 Å². The van der Waals surface area contributed by atoms with Gasteiger partial charge >= 0.3 is 0 Å². The van der Waals surface area contributed by atoms with Crippen molar-refractivity contribution in [1.82, 2.24) is 5.16 Å². The van der Waals surface area contributed by atoms with Gasteiger partial charge in [-0.15, -0.1) is 0 Å². The second-order valence-electron chi connectivity index (χ2n) is 6.38. The summed E-state index contributed by atoms with van der Waals surface area (Å²) in [5, 5.41) is 10.5. The van der Waals surface area contributed by atoms with Crippen LogP contribution in [0.3, 0.4) is 0 Å². The molecular formula is C20H18ClN3O2. The zero-order chi connectivity index (χ0) is 17.9. The third-order valence-corrected chi connectivity index (χ3v) is 4.61. The van der Waals surface area contributed by atoms with Gasteiger partial charge in [0.05, 0.1) is 10.7 Å². The van der Waals surface area contributed by atoms with Crippen LogP contribution in [0.15, 0.2) is 59.1 Å². The van der Waals surface area contributed by atoms with Crippen molar-refractivity contribution in [3.05, 3.63) is 76.6 Å². The maximum Gasteiger partial charge on any atom is 0.277 e. The highest BCUT2D eigenvalue weighted by Gasteiger charge is 2.28. The lowest BCUT2D eigenvalue weighted by atomic mass is 10.2. The molecule has 1 heterocycles. The van der Waals surface area contributed by atoms with Crippen molar-refractivity contribution >= 4 is 28.9 Å². The van der Waals surface area contributed by atoms with Crippen molar-refractivity contribution in [2.75, 3.05) is 10.6 Å². The molecule has 2 N–H and O–H groups in total. The normalized spacial score (nSPS) is 13.4. The molecule has 1 aliphatic carbocycles. The molecule has 5 nitrogen and oxygen atoms in total. The number of rotatable bonds is 6. The zero-order valence-corrected chi connectivity index (χ0v) is 14.8. The molecule has 0 atom stereocenters. The Morgan fingerprint density at radius 1 is 1.15 bits per heavy atom. The molecule has 0 unspecified atom stereocenters. The molecule has 0 spiro atoms. The number of nitrogens with one attached hydrogen (secondary N) is 2. The van der Waals surface area contributed by atoms with E-state index in [4.69, 9.17) is 16.1 Å². The first-order valence-corrected chi connectivity index (χ1v) is 8.92. The largest absolute Gasteiger partial charge is 0.380 e. The van der Waals surface area contributed by atoms with E-state index in [9.17, 15) is 4.79 Å². The maximum atomic E-state index is 12.3. The maximum absolute atomic E-state index is 12.3. The van der Waals surface area contributed by atoms with Gasteiger partial charge in [-0.05, 0) is 36.6 Å². The number of carbonyl (C=O) groups excluding carboxylic acids is 1. The standard InChI is InChI=1S/C20H18ClN3O2/c21-16-10-15(8-9-17(16)22-12-13-4-2-1-3-5-13)23-20(25)18-11-19(26-24-18)14-6-7-14/h1-5,8-11,14,22H,6-7,12H2,(H,23,25). The molecule has 6 heteroatoms. The zero-order valence-electron chi connectivity index (χ0n) is 14.0. The average Bonchev–Trinajstić information content (AvgIpc) is 3.38. The van der Waals surface area contributed by atoms with Gasteiger partial charge < -0.3 is 15.2 Å². The van der Waals surface area contributed by atoms with Crippen LogP contribution >= 0.6 is 11.6 Å². The quantitative estimate of drug-likeness (QED) is 0.638. The lowest BCUT2D eigenvalue weighted by Crippen LogP contribution is -2.12. The minimum atomic E-state index is -0.304. The molecule has 0 radical (unpaired) electrons. The van der Waals surface area contributed by atoms with Gasteiger partial charge in [-0.2, -0.15) is 0 Å². The summed E-state index contributed by atoms with van der Waals surface area (Å²) in [6.45, 7) is 0.676. The summed E-state index contributed by atoms with van der Waals surface area (Å²) < 4.78 is 5.22. The van der Waals surface area contributed by atoms with Crippen LogP contribution in [-0.2, 0) is 6.54 Å². The minimum Gasteiger partial charge on any atom is -0.380 e. The predicted molar refractivity (Wildman–Crippen MR) is 102 cm³/mol. The fourth-order valence-electron chi connectivity index (χ4n) is 2.68. The molecule has 26 heavy (non-hydrogen) atoms. The number of hydrogen-bond donors (Lipinski definition) is 2. The molecule has 0 saturated heterocycles. The Balaban J connectivity index is 1.39. The number of amides is 1. The SMILES string of the molecule is O=C(Nc1ccc(NCc2ccccc2)c(Cl)c1)c1cc(C2CC2)on1. The van der Waals surface area contributed by atoms with Crippen molar-refractivity contribution in [2.24, 2.45) is 0 Å². The minimum absolute atomic E-state index is 0.286. The highest BCUT2D eigenvalue weighted by Crippen LogP contribution is 2.40. The van der Waals surface area contributed by atoms with Crippen molar-refractivity contribution in [3.63, 3.8) is 0 Å². The first-order valence-electron chi connectivity index (χ1n) is 8.54. The summed E-state index contributed by atoms with van der Waals surface area (Å²) in [6, 6.07) is 17.1. The van der Waals surface area contributed by atoms with Crippen LogP contribution in [0.4, 0.5) is 11.4 Å². The third-order valence-electron chi connectivity index (χ3n) is 4.29. The second-order valence-corrected chi connectivity index (χ2v) is 6.78. The predicted octanol–water partition coefficient (Wildman–Crippen LogP) is 5.07. The Kier molecular flexibility index (Phi) is 4.63. The molecule has 1 saturated carbocycles. The van der Waals surface area contributed by atoms with E-state index in [1.807, 2.05) is 36.4 Å². The van der Waals surface area contributed by atoms with E-state index in [1.165, 1.54) is 5.56 Å². The number of benzene rings is 2. The van der Waals surface area contributed by atoms with Gasteiger partial charge in [0.1, 0.15) is 5.76 Å². The van der Waals surface area contributed by atoms with Crippen LogP contribution in [0.1, 0.15) is 40.6 Å². The number of carbonyl (C=O) groups is 1. The average molecular weight is 368 g/mol. The number of halogens is 1. The van der Waals surface area contributed by atoms with Gasteiger partial charge in [0.25, 0.3) is 5.91 Å². The van der Waals surface area contributed by atoms with E-state index in [1.54, 1.807) is 18.2 Å². The Bertz CT molecular complexity index is 920. The van der Waals surface area contributed by atoms with E-state index in [0.717, 1.165) is 24.3 Å². The van der Waals surface area contributed by atoms with Crippen LogP contribution < -0.4 is 10.6 Å². The Morgan fingerprint density at radius 3 is 2.69 bits per heavy atom. The van der Waals surface area contributed by atoms with E-state index in [-0.39, 0.29) is 11.6 Å². The summed E-state index contributed by atoms with van der Waals surface area (Å²) >= 11 is 6.33.